The first-order valence-corrected chi connectivity index (χ1v) is 6.94. The van der Waals surface area contributed by atoms with Crippen molar-refractivity contribution in [3.05, 3.63) is 29.3 Å². The van der Waals surface area contributed by atoms with E-state index in [0.29, 0.717) is 24.5 Å². The first-order chi connectivity index (χ1) is 9.53. The highest BCUT2D eigenvalue weighted by Gasteiger charge is 2.19. The molecule has 1 rings (SSSR count). The average Bonchev–Trinajstić information content (AvgIpc) is 2.44. The van der Waals surface area contributed by atoms with Gasteiger partial charge in [0.2, 0.25) is 0 Å². The number of rotatable bonds is 8. The summed E-state index contributed by atoms with van der Waals surface area (Å²) >= 11 is 0. The maximum absolute atomic E-state index is 12.5. The molecule has 0 spiro atoms. The number of nitrogens with zero attached hydrogens (tertiary/aromatic N) is 1. The maximum atomic E-state index is 12.5. The van der Waals surface area contributed by atoms with Gasteiger partial charge in [0.15, 0.2) is 5.78 Å². The predicted octanol–water partition coefficient (Wildman–Crippen LogP) is 2.54. The normalized spacial score (nSPS) is 12.5. The summed E-state index contributed by atoms with van der Waals surface area (Å²) in [6.45, 7) is 7.89. The Morgan fingerprint density at radius 3 is 2.60 bits per heavy atom. The van der Waals surface area contributed by atoms with Crippen molar-refractivity contribution in [1.29, 1.82) is 0 Å². The molecule has 0 aliphatic rings. The average molecular weight is 279 g/mol. The Balaban J connectivity index is 2.84. The summed E-state index contributed by atoms with van der Waals surface area (Å²) in [5, 5.41) is 0. The van der Waals surface area contributed by atoms with E-state index in [1.807, 2.05) is 32.0 Å². The number of ether oxygens (including phenoxy) is 2. The van der Waals surface area contributed by atoms with Crippen LogP contribution >= 0.6 is 0 Å². The van der Waals surface area contributed by atoms with Crippen LogP contribution in [0, 0.1) is 6.92 Å². The number of hydrogen-bond acceptors (Lipinski definition) is 4. The SMILES string of the molecule is CCN(CC(=O)c1ccc(C)cc1OC)C(C)COC. The Morgan fingerprint density at radius 2 is 2.05 bits per heavy atom. The lowest BCUT2D eigenvalue weighted by Crippen LogP contribution is -2.39. The van der Waals surface area contributed by atoms with E-state index in [2.05, 4.69) is 11.8 Å². The van der Waals surface area contributed by atoms with E-state index < -0.39 is 0 Å². The Kier molecular flexibility index (Phi) is 6.68. The van der Waals surface area contributed by atoms with Crippen LogP contribution in [-0.2, 0) is 4.74 Å². The van der Waals surface area contributed by atoms with Gasteiger partial charge in [-0.1, -0.05) is 13.0 Å². The van der Waals surface area contributed by atoms with Crippen molar-refractivity contribution in [2.24, 2.45) is 0 Å². The summed E-state index contributed by atoms with van der Waals surface area (Å²) in [5.41, 5.74) is 1.72. The molecule has 112 valence electrons. The van der Waals surface area contributed by atoms with Crippen LogP contribution in [-0.4, -0.2) is 50.6 Å². The van der Waals surface area contributed by atoms with Gasteiger partial charge in [-0.15, -0.1) is 0 Å². The molecule has 1 aromatic carbocycles. The molecule has 0 heterocycles. The molecule has 0 N–H and O–H groups in total. The van der Waals surface area contributed by atoms with Gasteiger partial charge in [0, 0.05) is 13.2 Å². The molecule has 1 aromatic rings. The molecule has 20 heavy (non-hydrogen) atoms. The maximum Gasteiger partial charge on any atom is 0.180 e. The van der Waals surface area contributed by atoms with Crippen LogP contribution in [0.3, 0.4) is 0 Å². The monoisotopic (exact) mass is 279 g/mol. The van der Waals surface area contributed by atoms with E-state index in [1.165, 1.54) is 0 Å². The van der Waals surface area contributed by atoms with Crippen LogP contribution in [0.25, 0.3) is 0 Å². The highest BCUT2D eigenvalue weighted by molar-refractivity contribution is 6.00. The minimum atomic E-state index is 0.0756. The molecule has 0 aliphatic heterocycles. The summed E-state index contributed by atoms with van der Waals surface area (Å²) in [4.78, 5) is 14.6. The van der Waals surface area contributed by atoms with Gasteiger partial charge in [-0.05, 0) is 38.1 Å². The molecule has 0 fully saturated rings. The second kappa shape index (κ2) is 8.02. The summed E-state index contributed by atoms with van der Waals surface area (Å²) in [6.07, 6.45) is 0. The first kappa shape index (κ1) is 16.7. The number of Topliss-reactive ketones (excluding diaryl/α,β-unsaturated/α-hetero) is 1. The van der Waals surface area contributed by atoms with E-state index in [1.54, 1.807) is 14.2 Å². The van der Waals surface area contributed by atoms with E-state index in [9.17, 15) is 4.79 Å². The van der Waals surface area contributed by atoms with E-state index in [0.717, 1.165) is 12.1 Å². The van der Waals surface area contributed by atoms with Crippen LogP contribution in [0.2, 0.25) is 0 Å². The summed E-state index contributed by atoms with van der Waals surface area (Å²) < 4.78 is 10.5. The summed E-state index contributed by atoms with van der Waals surface area (Å²) in [7, 11) is 3.27. The molecule has 0 saturated carbocycles. The molecule has 0 radical (unpaired) electrons. The van der Waals surface area contributed by atoms with Crippen LogP contribution in [0.5, 0.6) is 5.75 Å². The zero-order chi connectivity index (χ0) is 15.1. The number of carbonyl (C=O) groups is 1. The van der Waals surface area contributed by atoms with E-state index in [-0.39, 0.29) is 11.8 Å². The Labute approximate surface area is 121 Å². The third-order valence-corrected chi connectivity index (χ3v) is 3.44. The predicted molar refractivity (Wildman–Crippen MR) is 80.6 cm³/mol. The van der Waals surface area contributed by atoms with Crippen LogP contribution in [0.1, 0.15) is 29.8 Å². The Bertz CT molecular complexity index is 445. The second-order valence-corrected chi connectivity index (χ2v) is 4.99. The Hall–Kier alpha value is -1.39. The zero-order valence-electron chi connectivity index (χ0n) is 13.1. The van der Waals surface area contributed by atoms with Crippen molar-refractivity contribution in [3.8, 4) is 5.75 Å². The topological polar surface area (TPSA) is 38.8 Å². The van der Waals surface area contributed by atoms with Gasteiger partial charge in [-0.25, -0.2) is 0 Å². The molecule has 0 bridgehead atoms. The smallest absolute Gasteiger partial charge is 0.180 e. The lowest BCUT2D eigenvalue weighted by atomic mass is 10.1. The van der Waals surface area contributed by atoms with Crippen molar-refractivity contribution in [2.45, 2.75) is 26.8 Å². The molecule has 4 nitrogen and oxygen atoms in total. The van der Waals surface area contributed by atoms with Gasteiger partial charge in [0.05, 0.1) is 25.8 Å². The van der Waals surface area contributed by atoms with Crippen molar-refractivity contribution >= 4 is 5.78 Å². The third kappa shape index (κ3) is 4.32. The number of aryl methyl sites for hydroxylation is 1. The van der Waals surface area contributed by atoms with Crippen LogP contribution in [0.4, 0.5) is 0 Å². The zero-order valence-corrected chi connectivity index (χ0v) is 13.1. The van der Waals surface area contributed by atoms with Crippen molar-refractivity contribution in [1.82, 2.24) is 4.90 Å². The molecule has 0 saturated heterocycles. The highest BCUT2D eigenvalue weighted by Crippen LogP contribution is 2.21. The Morgan fingerprint density at radius 1 is 1.35 bits per heavy atom. The van der Waals surface area contributed by atoms with Crippen molar-refractivity contribution in [2.75, 3.05) is 33.9 Å². The second-order valence-electron chi connectivity index (χ2n) is 4.99. The van der Waals surface area contributed by atoms with Crippen molar-refractivity contribution < 1.29 is 14.3 Å². The molecule has 1 atom stereocenters. The lowest BCUT2D eigenvalue weighted by Gasteiger charge is -2.26. The molecule has 0 aliphatic carbocycles. The van der Waals surface area contributed by atoms with Gasteiger partial charge in [0.1, 0.15) is 5.75 Å². The number of ketones is 1. The molecule has 0 amide bonds. The number of hydrogen-bond donors (Lipinski definition) is 0. The number of benzene rings is 1. The van der Waals surface area contributed by atoms with E-state index >= 15 is 0 Å². The van der Waals surface area contributed by atoms with Crippen molar-refractivity contribution in [3.63, 3.8) is 0 Å². The number of likely N-dealkylation sites (N-methyl/N-ethyl adjacent to an activating group) is 1. The van der Waals surface area contributed by atoms with Gasteiger partial charge < -0.3 is 9.47 Å². The summed E-state index contributed by atoms with van der Waals surface area (Å²) in [6, 6.07) is 5.88. The van der Waals surface area contributed by atoms with Crippen LogP contribution in [0.15, 0.2) is 18.2 Å². The fourth-order valence-corrected chi connectivity index (χ4v) is 2.22. The molecule has 1 unspecified atom stereocenters. The third-order valence-electron chi connectivity index (χ3n) is 3.44. The first-order valence-electron chi connectivity index (χ1n) is 6.94. The molecular formula is C16H25NO3. The van der Waals surface area contributed by atoms with Gasteiger partial charge in [-0.2, -0.15) is 0 Å². The highest BCUT2D eigenvalue weighted by atomic mass is 16.5. The number of carbonyl (C=O) groups excluding carboxylic acids is 1. The number of methoxy groups -OCH3 is 2. The standard InChI is InChI=1S/C16H25NO3/c1-6-17(13(3)11-19-4)10-15(18)14-8-7-12(2)9-16(14)20-5/h7-9,13H,6,10-11H2,1-5H3. The molecule has 0 aromatic heterocycles. The molecule has 4 heteroatoms. The van der Waals surface area contributed by atoms with Crippen LogP contribution < -0.4 is 4.74 Å². The van der Waals surface area contributed by atoms with Gasteiger partial charge in [-0.3, -0.25) is 9.69 Å². The quantitative estimate of drug-likeness (QED) is 0.686. The largest absolute Gasteiger partial charge is 0.496 e. The minimum Gasteiger partial charge on any atom is -0.496 e. The van der Waals surface area contributed by atoms with Gasteiger partial charge in [0.25, 0.3) is 0 Å². The van der Waals surface area contributed by atoms with E-state index in [4.69, 9.17) is 9.47 Å². The molecular weight excluding hydrogens is 254 g/mol. The summed E-state index contributed by atoms with van der Waals surface area (Å²) in [5.74, 6) is 0.720. The lowest BCUT2D eigenvalue weighted by molar-refractivity contribution is 0.0785. The van der Waals surface area contributed by atoms with Gasteiger partial charge >= 0.3 is 0 Å². The fraction of sp³-hybridized carbons (Fsp3) is 0.562. The fourth-order valence-electron chi connectivity index (χ4n) is 2.22. The minimum absolute atomic E-state index is 0.0756.